The Morgan fingerprint density at radius 2 is 2.31 bits per heavy atom. The molecule has 0 aliphatic carbocycles. The van der Waals surface area contributed by atoms with Crippen LogP contribution in [0.1, 0.15) is 5.56 Å². The summed E-state index contributed by atoms with van der Waals surface area (Å²) in [6, 6.07) is 3.86. The summed E-state index contributed by atoms with van der Waals surface area (Å²) >= 11 is 0. The molecule has 0 atom stereocenters. The van der Waals surface area contributed by atoms with E-state index in [1.807, 2.05) is 0 Å². The first-order valence-corrected chi connectivity index (χ1v) is 3.72. The molecule has 0 aliphatic heterocycles. The third-order valence-electron chi connectivity index (χ3n) is 1.59. The number of hydrogen-bond donors (Lipinski definition) is 1. The molecular weight excluding hydrogens is 175 g/mol. The van der Waals surface area contributed by atoms with Crippen molar-refractivity contribution in [2.24, 2.45) is 0 Å². The standard InChI is InChI=1S/C8H9FN2O2/c1-10-5-6-2-3-8(11(12)13)7(9)4-6/h2-4,10H,5H2,1H3. The second kappa shape index (κ2) is 3.95. The van der Waals surface area contributed by atoms with Crippen molar-refractivity contribution in [1.82, 2.24) is 5.32 Å². The fraction of sp³-hybridized carbons (Fsp3) is 0.250. The van der Waals surface area contributed by atoms with Crippen molar-refractivity contribution in [3.63, 3.8) is 0 Å². The molecule has 0 spiro atoms. The summed E-state index contributed by atoms with van der Waals surface area (Å²) in [6.07, 6.45) is 0. The summed E-state index contributed by atoms with van der Waals surface area (Å²) in [5, 5.41) is 13.1. The fourth-order valence-corrected chi connectivity index (χ4v) is 1.01. The van der Waals surface area contributed by atoms with Gasteiger partial charge in [0.25, 0.3) is 0 Å². The van der Waals surface area contributed by atoms with Gasteiger partial charge in [0.05, 0.1) is 4.92 Å². The molecule has 5 heteroatoms. The number of halogens is 1. The van der Waals surface area contributed by atoms with Crippen LogP contribution in [0.25, 0.3) is 0 Å². The van der Waals surface area contributed by atoms with Crippen molar-refractivity contribution < 1.29 is 9.31 Å². The molecule has 0 aliphatic rings. The minimum Gasteiger partial charge on any atom is -0.316 e. The van der Waals surface area contributed by atoms with E-state index in [1.54, 1.807) is 7.05 Å². The quantitative estimate of drug-likeness (QED) is 0.571. The van der Waals surface area contributed by atoms with Crippen LogP contribution in [0, 0.1) is 15.9 Å². The van der Waals surface area contributed by atoms with Gasteiger partial charge >= 0.3 is 5.69 Å². The minimum atomic E-state index is -0.794. The zero-order valence-electron chi connectivity index (χ0n) is 7.08. The zero-order valence-corrected chi connectivity index (χ0v) is 7.08. The Labute approximate surface area is 74.5 Å². The lowest BCUT2D eigenvalue weighted by Gasteiger charge is -1.99. The Hall–Kier alpha value is -1.49. The first-order chi connectivity index (χ1) is 6.15. The van der Waals surface area contributed by atoms with E-state index in [9.17, 15) is 14.5 Å². The SMILES string of the molecule is CNCc1ccc([N+](=O)[O-])c(F)c1. The molecule has 0 bridgehead atoms. The number of nitrogens with zero attached hydrogens (tertiary/aromatic N) is 1. The Bertz CT molecular complexity index is 328. The molecule has 1 rings (SSSR count). The van der Waals surface area contributed by atoms with E-state index in [0.717, 1.165) is 6.07 Å². The molecule has 0 aromatic heterocycles. The summed E-state index contributed by atoms with van der Waals surface area (Å²) in [6.45, 7) is 0.495. The first kappa shape index (κ1) is 9.60. The van der Waals surface area contributed by atoms with Crippen LogP contribution in [0.5, 0.6) is 0 Å². The Balaban J connectivity index is 2.98. The van der Waals surface area contributed by atoms with Crippen LogP contribution < -0.4 is 5.32 Å². The van der Waals surface area contributed by atoms with Gasteiger partial charge in [0, 0.05) is 12.6 Å². The average Bonchev–Trinajstić information content (AvgIpc) is 2.04. The highest BCUT2D eigenvalue weighted by molar-refractivity contribution is 5.34. The monoisotopic (exact) mass is 184 g/mol. The molecule has 1 aromatic rings. The topological polar surface area (TPSA) is 55.2 Å². The van der Waals surface area contributed by atoms with Crippen LogP contribution in [-0.4, -0.2) is 12.0 Å². The van der Waals surface area contributed by atoms with Crippen molar-refractivity contribution in [2.45, 2.75) is 6.54 Å². The molecule has 0 heterocycles. The van der Waals surface area contributed by atoms with E-state index in [0.29, 0.717) is 12.1 Å². The predicted octanol–water partition coefficient (Wildman–Crippen LogP) is 1.45. The molecule has 0 saturated heterocycles. The zero-order chi connectivity index (χ0) is 9.84. The summed E-state index contributed by atoms with van der Waals surface area (Å²) in [5.74, 6) is -0.794. The normalized spacial score (nSPS) is 10.0. The van der Waals surface area contributed by atoms with Crippen molar-refractivity contribution in [3.05, 3.63) is 39.7 Å². The molecule has 0 fully saturated rings. The average molecular weight is 184 g/mol. The number of nitro benzene ring substituents is 1. The maximum absolute atomic E-state index is 13.0. The molecule has 0 radical (unpaired) electrons. The van der Waals surface area contributed by atoms with E-state index in [4.69, 9.17) is 0 Å². The number of nitro groups is 1. The van der Waals surface area contributed by atoms with Gasteiger partial charge in [-0.25, -0.2) is 0 Å². The third kappa shape index (κ3) is 2.22. The molecule has 0 saturated carbocycles. The van der Waals surface area contributed by atoms with Crippen LogP contribution in [0.3, 0.4) is 0 Å². The molecular formula is C8H9FN2O2. The van der Waals surface area contributed by atoms with Gasteiger partial charge in [-0.3, -0.25) is 10.1 Å². The van der Waals surface area contributed by atoms with E-state index < -0.39 is 16.4 Å². The van der Waals surface area contributed by atoms with E-state index in [1.165, 1.54) is 12.1 Å². The van der Waals surface area contributed by atoms with E-state index >= 15 is 0 Å². The third-order valence-corrected chi connectivity index (χ3v) is 1.59. The lowest BCUT2D eigenvalue weighted by molar-refractivity contribution is -0.387. The largest absolute Gasteiger partial charge is 0.316 e. The molecule has 0 unspecified atom stereocenters. The van der Waals surface area contributed by atoms with Gasteiger partial charge in [0.1, 0.15) is 0 Å². The fourth-order valence-electron chi connectivity index (χ4n) is 1.01. The molecule has 4 nitrogen and oxygen atoms in total. The lowest BCUT2D eigenvalue weighted by Crippen LogP contribution is -2.05. The smallest absolute Gasteiger partial charge is 0.304 e. The van der Waals surface area contributed by atoms with Crippen LogP contribution >= 0.6 is 0 Å². The molecule has 1 aromatic carbocycles. The second-order valence-electron chi connectivity index (χ2n) is 2.57. The number of benzene rings is 1. The van der Waals surface area contributed by atoms with Crippen LogP contribution in [0.15, 0.2) is 18.2 Å². The lowest BCUT2D eigenvalue weighted by atomic mass is 10.2. The maximum atomic E-state index is 13.0. The molecule has 70 valence electrons. The van der Waals surface area contributed by atoms with Crippen molar-refractivity contribution in [1.29, 1.82) is 0 Å². The Kier molecular flexibility index (Phi) is 2.92. The van der Waals surface area contributed by atoms with Crippen LogP contribution in [0.2, 0.25) is 0 Å². The Morgan fingerprint density at radius 1 is 1.62 bits per heavy atom. The van der Waals surface area contributed by atoms with Crippen molar-refractivity contribution >= 4 is 5.69 Å². The van der Waals surface area contributed by atoms with E-state index in [2.05, 4.69) is 5.32 Å². The minimum absolute atomic E-state index is 0.486. The highest BCUT2D eigenvalue weighted by atomic mass is 19.1. The molecule has 13 heavy (non-hydrogen) atoms. The number of rotatable bonds is 3. The van der Waals surface area contributed by atoms with Crippen molar-refractivity contribution in [2.75, 3.05) is 7.05 Å². The van der Waals surface area contributed by atoms with Gasteiger partial charge < -0.3 is 5.32 Å². The predicted molar refractivity (Wildman–Crippen MR) is 45.8 cm³/mol. The maximum Gasteiger partial charge on any atom is 0.304 e. The number of hydrogen-bond acceptors (Lipinski definition) is 3. The van der Waals surface area contributed by atoms with E-state index in [-0.39, 0.29) is 0 Å². The first-order valence-electron chi connectivity index (χ1n) is 3.72. The van der Waals surface area contributed by atoms with Gasteiger partial charge in [-0.2, -0.15) is 4.39 Å². The Morgan fingerprint density at radius 3 is 2.77 bits per heavy atom. The van der Waals surface area contributed by atoms with Gasteiger partial charge in [0.2, 0.25) is 5.82 Å². The second-order valence-corrected chi connectivity index (χ2v) is 2.57. The van der Waals surface area contributed by atoms with Gasteiger partial charge in [-0.15, -0.1) is 0 Å². The van der Waals surface area contributed by atoms with Gasteiger partial charge in [-0.1, -0.05) is 6.07 Å². The summed E-state index contributed by atoms with van der Waals surface area (Å²) in [7, 11) is 1.72. The van der Waals surface area contributed by atoms with Crippen LogP contribution in [0.4, 0.5) is 10.1 Å². The molecule has 0 amide bonds. The summed E-state index contributed by atoms with van der Waals surface area (Å²) < 4.78 is 13.0. The van der Waals surface area contributed by atoms with Gasteiger partial charge in [0.15, 0.2) is 0 Å². The highest BCUT2D eigenvalue weighted by Crippen LogP contribution is 2.17. The van der Waals surface area contributed by atoms with Crippen LogP contribution in [-0.2, 0) is 6.54 Å². The summed E-state index contributed by atoms with van der Waals surface area (Å²) in [5.41, 5.74) is 0.199. The van der Waals surface area contributed by atoms with Gasteiger partial charge in [-0.05, 0) is 18.7 Å². The molecule has 1 N–H and O–H groups in total. The van der Waals surface area contributed by atoms with Crippen molar-refractivity contribution in [3.8, 4) is 0 Å². The number of nitrogens with one attached hydrogen (secondary N) is 1. The summed E-state index contributed by atoms with van der Waals surface area (Å²) in [4.78, 5) is 9.50. The highest BCUT2D eigenvalue weighted by Gasteiger charge is 2.12.